The minimum atomic E-state index is 0.303. The quantitative estimate of drug-likeness (QED) is 0.679. The summed E-state index contributed by atoms with van der Waals surface area (Å²) in [7, 11) is 1.60. The molecule has 0 aliphatic rings. The molecule has 20 heavy (non-hydrogen) atoms. The first-order chi connectivity index (χ1) is 9.74. The van der Waals surface area contributed by atoms with Gasteiger partial charge in [-0.25, -0.2) is 4.98 Å². The van der Waals surface area contributed by atoms with Crippen LogP contribution in [0.4, 0.5) is 5.82 Å². The molecule has 0 fully saturated rings. The predicted molar refractivity (Wildman–Crippen MR) is 77.4 cm³/mol. The highest BCUT2D eigenvalue weighted by Crippen LogP contribution is 2.33. The Morgan fingerprint density at radius 3 is 2.85 bits per heavy atom. The molecule has 3 aromatic rings. The zero-order chi connectivity index (χ0) is 14.1. The smallest absolute Gasteiger partial charge is 0.209 e. The lowest BCUT2D eigenvalue weighted by Gasteiger charge is -2.02. The van der Waals surface area contributed by atoms with Crippen LogP contribution in [0.25, 0.3) is 16.9 Å². The van der Waals surface area contributed by atoms with Crippen molar-refractivity contribution in [2.45, 2.75) is 6.92 Å². The van der Waals surface area contributed by atoms with Gasteiger partial charge in [0.05, 0.1) is 7.11 Å². The molecule has 0 N–H and O–H groups in total. The van der Waals surface area contributed by atoms with Crippen molar-refractivity contribution in [1.82, 2.24) is 9.38 Å². The van der Waals surface area contributed by atoms with Crippen LogP contribution in [-0.4, -0.2) is 16.5 Å². The second-order valence-corrected chi connectivity index (χ2v) is 4.49. The van der Waals surface area contributed by atoms with Gasteiger partial charge in [-0.3, -0.25) is 4.40 Å². The van der Waals surface area contributed by atoms with Crippen molar-refractivity contribution in [3.63, 3.8) is 0 Å². The van der Waals surface area contributed by atoms with Crippen LogP contribution in [0.1, 0.15) is 5.56 Å². The molecule has 100 valence electrons. The Labute approximate surface area is 115 Å². The molecule has 1 aromatic carbocycles. The maximum atomic E-state index is 11.2. The average molecular weight is 267 g/mol. The normalized spacial score (nSPS) is 10.7. The molecular weight excluding hydrogens is 254 g/mol. The number of nitroso groups, excluding NO2 is 1. The molecular formula is C15H13N3O2. The standard InChI is InChI=1S/C15H13N3O2/c1-10-5-4-8-18-14(10)16-13(15(18)17-19)11-6-3-7-12(9-11)20-2/h3-9H,1-2H3. The second-order valence-electron chi connectivity index (χ2n) is 4.49. The Balaban J connectivity index is 2.30. The van der Waals surface area contributed by atoms with E-state index < -0.39 is 0 Å². The van der Waals surface area contributed by atoms with E-state index in [0.29, 0.717) is 17.3 Å². The first kappa shape index (κ1) is 12.3. The minimum Gasteiger partial charge on any atom is -0.497 e. The van der Waals surface area contributed by atoms with Crippen molar-refractivity contribution in [2.75, 3.05) is 7.11 Å². The van der Waals surface area contributed by atoms with E-state index in [1.54, 1.807) is 17.7 Å². The van der Waals surface area contributed by atoms with Crippen molar-refractivity contribution in [1.29, 1.82) is 0 Å². The van der Waals surface area contributed by atoms with E-state index in [-0.39, 0.29) is 0 Å². The van der Waals surface area contributed by atoms with Crippen LogP contribution >= 0.6 is 0 Å². The number of pyridine rings is 1. The largest absolute Gasteiger partial charge is 0.497 e. The molecule has 0 atom stereocenters. The lowest BCUT2D eigenvalue weighted by atomic mass is 10.1. The number of rotatable bonds is 3. The van der Waals surface area contributed by atoms with Gasteiger partial charge >= 0.3 is 0 Å². The van der Waals surface area contributed by atoms with Gasteiger partial charge in [0, 0.05) is 11.8 Å². The summed E-state index contributed by atoms with van der Waals surface area (Å²) in [6.45, 7) is 1.95. The Hall–Kier alpha value is -2.69. The molecule has 5 heteroatoms. The number of methoxy groups -OCH3 is 1. The summed E-state index contributed by atoms with van der Waals surface area (Å²) in [5.74, 6) is 1.02. The molecule has 0 saturated heterocycles. The van der Waals surface area contributed by atoms with Gasteiger partial charge in [-0.05, 0) is 35.9 Å². The molecule has 0 aliphatic heterocycles. The van der Waals surface area contributed by atoms with Crippen LogP contribution in [-0.2, 0) is 0 Å². The van der Waals surface area contributed by atoms with Gasteiger partial charge < -0.3 is 4.74 Å². The molecule has 0 spiro atoms. The molecule has 3 rings (SSSR count). The van der Waals surface area contributed by atoms with Crippen LogP contribution in [0.3, 0.4) is 0 Å². The fourth-order valence-electron chi connectivity index (χ4n) is 2.24. The molecule has 0 bridgehead atoms. The number of ether oxygens (including phenoxy) is 1. The number of nitrogens with zero attached hydrogens (tertiary/aromatic N) is 3. The first-order valence-electron chi connectivity index (χ1n) is 6.20. The van der Waals surface area contributed by atoms with E-state index in [9.17, 15) is 4.91 Å². The third-order valence-electron chi connectivity index (χ3n) is 3.25. The number of fused-ring (bicyclic) bond motifs is 1. The van der Waals surface area contributed by atoms with E-state index in [2.05, 4.69) is 10.2 Å². The number of imidazole rings is 1. The van der Waals surface area contributed by atoms with E-state index in [4.69, 9.17) is 4.74 Å². The average Bonchev–Trinajstić information content (AvgIpc) is 2.87. The highest BCUT2D eigenvalue weighted by molar-refractivity contribution is 5.76. The summed E-state index contributed by atoms with van der Waals surface area (Å²) in [6.07, 6.45) is 1.79. The molecule has 2 heterocycles. The summed E-state index contributed by atoms with van der Waals surface area (Å²) in [4.78, 5) is 15.7. The lowest BCUT2D eigenvalue weighted by Crippen LogP contribution is -1.85. The van der Waals surface area contributed by atoms with Crippen molar-refractivity contribution < 1.29 is 4.74 Å². The molecule has 0 unspecified atom stereocenters. The topological polar surface area (TPSA) is 56.0 Å². The number of benzene rings is 1. The molecule has 0 aliphatic carbocycles. The highest BCUT2D eigenvalue weighted by Gasteiger charge is 2.16. The zero-order valence-corrected chi connectivity index (χ0v) is 11.2. The number of aromatic nitrogens is 2. The van der Waals surface area contributed by atoms with Gasteiger partial charge in [-0.15, -0.1) is 4.91 Å². The number of hydrogen-bond acceptors (Lipinski definition) is 4. The zero-order valence-electron chi connectivity index (χ0n) is 11.2. The Kier molecular flexibility index (Phi) is 2.95. The van der Waals surface area contributed by atoms with Gasteiger partial charge in [0.15, 0.2) is 0 Å². The lowest BCUT2D eigenvalue weighted by molar-refractivity contribution is 0.415. The van der Waals surface area contributed by atoms with Crippen LogP contribution in [0.2, 0.25) is 0 Å². The van der Waals surface area contributed by atoms with Gasteiger partial charge in [-0.1, -0.05) is 18.2 Å². The van der Waals surface area contributed by atoms with Crippen LogP contribution in [0, 0.1) is 11.8 Å². The number of hydrogen-bond donors (Lipinski definition) is 0. The van der Waals surface area contributed by atoms with Crippen molar-refractivity contribution in [2.24, 2.45) is 5.18 Å². The summed E-state index contributed by atoms with van der Waals surface area (Å²) >= 11 is 0. The Morgan fingerprint density at radius 1 is 1.25 bits per heavy atom. The van der Waals surface area contributed by atoms with E-state index in [1.165, 1.54) is 0 Å². The van der Waals surface area contributed by atoms with Crippen molar-refractivity contribution in [3.05, 3.63) is 53.1 Å². The summed E-state index contributed by atoms with van der Waals surface area (Å²) in [6, 6.07) is 11.2. The molecule has 0 radical (unpaired) electrons. The fourth-order valence-corrected chi connectivity index (χ4v) is 2.24. The number of aryl methyl sites for hydroxylation is 1. The van der Waals surface area contributed by atoms with Gasteiger partial charge in [0.25, 0.3) is 0 Å². The summed E-state index contributed by atoms with van der Waals surface area (Å²) in [5, 5.41) is 3.14. The SMILES string of the molecule is COc1cccc(-c2nc3c(C)cccn3c2N=O)c1. The van der Waals surface area contributed by atoms with Gasteiger partial charge in [0.2, 0.25) is 5.82 Å². The van der Waals surface area contributed by atoms with Crippen molar-refractivity contribution in [3.8, 4) is 17.0 Å². The predicted octanol–water partition coefficient (Wildman–Crippen LogP) is 3.72. The van der Waals surface area contributed by atoms with Crippen LogP contribution in [0.5, 0.6) is 5.75 Å². The monoisotopic (exact) mass is 267 g/mol. The Morgan fingerprint density at radius 2 is 2.10 bits per heavy atom. The fraction of sp³-hybridized carbons (Fsp3) is 0.133. The maximum Gasteiger partial charge on any atom is 0.209 e. The van der Waals surface area contributed by atoms with Gasteiger partial charge in [0.1, 0.15) is 17.1 Å². The molecule has 0 amide bonds. The highest BCUT2D eigenvalue weighted by atomic mass is 16.5. The van der Waals surface area contributed by atoms with E-state index in [0.717, 1.165) is 16.8 Å². The Bertz CT molecular complexity index is 793. The third kappa shape index (κ3) is 1.84. The second kappa shape index (κ2) is 4.77. The summed E-state index contributed by atoms with van der Waals surface area (Å²) in [5.41, 5.74) is 3.10. The maximum absolute atomic E-state index is 11.2. The summed E-state index contributed by atoms with van der Waals surface area (Å²) < 4.78 is 6.91. The van der Waals surface area contributed by atoms with Crippen molar-refractivity contribution >= 4 is 11.5 Å². The van der Waals surface area contributed by atoms with E-state index in [1.807, 2.05) is 43.3 Å². The van der Waals surface area contributed by atoms with Crippen LogP contribution < -0.4 is 4.74 Å². The minimum absolute atomic E-state index is 0.303. The third-order valence-corrected chi connectivity index (χ3v) is 3.25. The van der Waals surface area contributed by atoms with Gasteiger partial charge in [-0.2, -0.15) is 0 Å². The first-order valence-corrected chi connectivity index (χ1v) is 6.20. The van der Waals surface area contributed by atoms with Crippen LogP contribution in [0.15, 0.2) is 47.8 Å². The molecule has 2 aromatic heterocycles. The molecule has 0 saturated carbocycles. The van der Waals surface area contributed by atoms with E-state index >= 15 is 0 Å². The molecule has 5 nitrogen and oxygen atoms in total.